The molecule has 3 aromatic rings. The number of ether oxygens (including phenoxy) is 2. The molecule has 0 fully saturated rings. The van der Waals surface area contributed by atoms with E-state index in [1.54, 1.807) is 18.2 Å². The van der Waals surface area contributed by atoms with E-state index >= 15 is 0 Å². The molecule has 5 nitrogen and oxygen atoms in total. The van der Waals surface area contributed by atoms with Gasteiger partial charge in [-0.25, -0.2) is 4.98 Å². The fraction of sp³-hybridized carbons (Fsp3) is 0.286. The maximum atomic E-state index is 13.7. The number of rotatable bonds is 4. The normalized spacial score (nSPS) is 13.8. The first-order chi connectivity index (χ1) is 13.9. The predicted octanol–water partition coefficient (Wildman–Crippen LogP) is 5.49. The molecule has 0 spiro atoms. The highest BCUT2D eigenvalue weighted by Crippen LogP contribution is 2.39. The van der Waals surface area contributed by atoms with Crippen molar-refractivity contribution in [1.29, 1.82) is 0 Å². The van der Waals surface area contributed by atoms with Crippen molar-refractivity contribution in [2.24, 2.45) is 0 Å². The summed E-state index contributed by atoms with van der Waals surface area (Å²) in [5.74, 6) is 1.54. The summed E-state index contributed by atoms with van der Waals surface area (Å²) in [6, 6.07) is 7.91. The zero-order valence-electron chi connectivity index (χ0n) is 16.8. The van der Waals surface area contributed by atoms with Crippen molar-refractivity contribution in [1.82, 2.24) is 15.3 Å². The number of fused-ring (bicyclic) bond motifs is 1. The van der Waals surface area contributed by atoms with Crippen LogP contribution < -0.4 is 14.8 Å². The molecule has 4 rings (SSSR count). The zero-order valence-corrected chi connectivity index (χ0v) is 18.4. The molecule has 1 aromatic heterocycles. The summed E-state index contributed by atoms with van der Waals surface area (Å²) in [7, 11) is 3.06. The summed E-state index contributed by atoms with van der Waals surface area (Å²) in [6.07, 6.45) is -2.10. The second-order valence-electron chi connectivity index (χ2n) is 6.75. The van der Waals surface area contributed by atoms with Crippen LogP contribution in [0.3, 0.4) is 0 Å². The first kappa shape index (κ1) is 24.8. The van der Waals surface area contributed by atoms with Gasteiger partial charge in [-0.1, -0.05) is 6.08 Å². The van der Waals surface area contributed by atoms with Crippen molar-refractivity contribution in [3.8, 4) is 22.9 Å². The van der Waals surface area contributed by atoms with E-state index in [0.29, 0.717) is 59.0 Å². The van der Waals surface area contributed by atoms with Gasteiger partial charge in [-0.05, 0) is 54.4 Å². The lowest BCUT2D eigenvalue weighted by atomic mass is 9.94. The molecule has 1 aliphatic heterocycles. The first-order valence-electron chi connectivity index (χ1n) is 9.14. The predicted molar refractivity (Wildman–Crippen MR) is 120 cm³/mol. The number of aromatic amines is 1. The highest BCUT2D eigenvalue weighted by atomic mass is 35.5. The van der Waals surface area contributed by atoms with Crippen molar-refractivity contribution in [3.05, 3.63) is 47.5 Å². The van der Waals surface area contributed by atoms with E-state index in [9.17, 15) is 13.2 Å². The molecular weight excluding hydrogens is 454 g/mol. The summed E-state index contributed by atoms with van der Waals surface area (Å²) >= 11 is 0. The minimum Gasteiger partial charge on any atom is -0.493 e. The van der Waals surface area contributed by atoms with Gasteiger partial charge >= 0.3 is 6.18 Å². The van der Waals surface area contributed by atoms with E-state index < -0.39 is 11.7 Å². The fourth-order valence-electron chi connectivity index (χ4n) is 3.54. The minimum atomic E-state index is -4.45. The Morgan fingerprint density at radius 2 is 1.74 bits per heavy atom. The van der Waals surface area contributed by atoms with E-state index in [1.165, 1.54) is 20.3 Å². The Kier molecular flexibility index (Phi) is 7.86. The third-order valence-corrected chi connectivity index (χ3v) is 4.99. The van der Waals surface area contributed by atoms with E-state index in [1.807, 2.05) is 6.08 Å². The third-order valence-electron chi connectivity index (χ3n) is 4.99. The van der Waals surface area contributed by atoms with Crippen LogP contribution in [0.5, 0.6) is 11.5 Å². The fourth-order valence-corrected chi connectivity index (χ4v) is 3.54. The zero-order chi connectivity index (χ0) is 20.6. The lowest BCUT2D eigenvalue weighted by Gasteiger charge is -2.19. The Bertz CT molecular complexity index is 1100. The summed E-state index contributed by atoms with van der Waals surface area (Å²) in [4.78, 5) is 7.53. The van der Waals surface area contributed by atoms with Gasteiger partial charge < -0.3 is 19.8 Å². The van der Waals surface area contributed by atoms with Crippen LogP contribution in [0.1, 0.15) is 17.5 Å². The SMILES string of the molecule is COc1ccc(-c2nc3cc(C4=CCNCC4)c(C(F)(F)F)cc3[nH]2)cc1OC.Cl.Cl. The summed E-state index contributed by atoms with van der Waals surface area (Å²) < 4.78 is 51.7. The molecule has 0 aliphatic carbocycles. The monoisotopic (exact) mass is 475 g/mol. The number of alkyl halides is 3. The maximum absolute atomic E-state index is 13.7. The minimum absolute atomic E-state index is 0. The smallest absolute Gasteiger partial charge is 0.417 e. The summed E-state index contributed by atoms with van der Waals surface area (Å²) in [5.41, 5.74) is 1.74. The van der Waals surface area contributed by atoms with Gasteiger partial charge in [-0.2, -0.15) is 13.2 Å². The van der Waals surface area contributed by atoms with Gasteiger partial charge in [0.15, 0.2) is 11.5 Å². The molecule has 2 N–H and O–H groups in total. The molecule has 2 heterocycles. The van der Waals surface area contributed by atoms with Crippen LogP contribution >= 0.6 is 24.8 Å². The molecule has 0 radical (unpaired) electrons. The number of methoxy groups -OCH3 is 2. The Morgan fingerprint density at radius 1 is 1.00 bits per heavy atom. The topological polar surface area (TPSA) is 59.2 Å². The quantitative estimate of drug-likeness (QED) is 0.523. The highest BCUT2D eigenvalue weighted by molar-refractivity contribution is 5.86. The lowest BCUT2D eigenvalue weighted by Crippen LogP contribution is -2.21. The van der Waals surface area contributed by atoms with Gasteiger partial charge in [0.2, 0.25) is 0 Å². The largest absolute Gasteiger partial charge is 0.493 e. The maximum Gasteiger partial charge on any atom is 0.417 e. The molecule has 0 bridgehead atoms. The highest BCUT2D eigenvalue weighted by Gasteiger charge is 2.35. The standard InChI is InChI=1S/C21H20F3N3O2.2ClH/c1-28-18-4-3-13(9-19(18)29-2)20-26-16-10-14(12-5-7-25-8-6-12)15(21(22,23)24)11-17(16)27-20;;/h3-5,9-11,25H,6-8H2,1-2H3,(H,26,27);2*1H. The van der Waals surface area contributed by atoms with Gasteiger partial charge in [0.05, 0.1) is 30.8 Å². The Balaban J connectivity index is 0.00000171. The van der Waals surface area contributed by atoms with Crippen LogP contribution in [0.25, 0.3) is 28.0 Å². The van der Waals surface area contributed by atoms with E-state index in [-0.39, 0.29) is 30.4 Å². The molecule has 31 heavy (non-hydrogen) atoms. The van der Waals surface area contributed by atoms with Crippen molar-refractivity contribution in [2.75, 3.05) is 27.3 Å². The number of H-pyrrole nitrogens is 1. The van der Waals surface area contributed by atoms with Crippen LogP contribution in [0.2, 0.25) is 0 Å². The van der Waals surface area contributed by atoms with Gasteiger partial charge in [-0.15, -0.1) is 24.8 Å². The number of nitrogens with zero attached hydrogens (tertiary/aromatic N) is 1. The van der Waals surface area contributed by atoms with E-state index in [4.69, 9.17) is 9.47 Å². The number of hydrogen-bond acceptors (Lipinski definition) is 4. The van der Waals surface area contributed by atoms with Gasteiger partial charge in [-0.3, -0.25) is 0 Å². The Morgan fingerprint density at radius 3 is 2.35 bits per heavy atom. The van der Waals surface area contributed by atoms with Crippen LogP contribution in [0, 0.1) is 0 Å². The van der Waals surface area contributed by atoms with Crippen molar-refractivity contribution in [2.45, 2.75) is 12.6 Å². The van der Waals surface area contributed by atoms with E-state index in [2.05, 4.69) is 15.3 Å². The number of benzene rings is 2. The van der Waals surface area contributed by atoms with Crippen molar-refractivity contribution >= 4 is 41.4 Å². The number of hydrogen-bond donors (Lipinski definition) is 2. The molecule has 0 unspecified atom stereocenters. The molecular formula is C21H22Cl2F3N3O2. The molecule has 0 saturated heterocycles. The molecule has 168 valence electrons. The lowest BCUT2D eigenvalue weighted by molar-refractivity contribution is -0.137. The van der Waals surface area contributed by atoms with Crippen LogP contribution in [0.4, 0.5) is 13.2 Å². The first-order valence-corrected chi connectivity index (χ1v) is 9.14. The van der Waals surface area contributed by atoms with Gasteiger partial charge in [0.25, 0.3) is 0 Å². The van der Waals surface area contributed by atoms with Crippen LogP contribution in [-0.2, 0) is 6.18 Å². The Labute approximate surface area is 189 Å². The molecule has 1 aliphatic rings. The van der Waals surface area contributed by atoms with Gasteiger partial charge in [0.1, 0.15) is 5.82 Å². The average Bonchev–Trinajstić information content (AvgIpc) is 3.15. The molecule has 0 atom stereocenters. The van der Waals surface area contributed by atoms with Crippen molar-refractivity contribution < 1.29 is 22.6 Å². The van der Waals surface area contributed by atoms with Crippen LogP contribution in [-0.4, -0.2) is 37.3 Å². The second-order valence-corrected chi connectivity index (χ2v) is 6.75. The molecule has 0 saturated carbocycles. The number of halogens is 5. The second kappa shape index (κ2) is 9.80. The number of aromatic nitrogens is 2. The molecule has 0 amide bonds. The molecule has 2 aromatic carbocycles. The van der Waals surface area contributed by atoms with Crippen LogP contribution in [0.15, 0.2) is 36.4 Å². The number of nitrogens with one attached hydrogen (secondary N) is 2. The summed E-state index contributed by atoms with van der Waals surface area (Å²) in [6.45, 7) is 1.21. The van der Waals surface area contributed by atoms with Gasteiger partial charge in [0, 0.05) is 12.1 Å². The number of imidazole rings is 1. The van der Waals surface area contributed by atoms with Crippen molar-refractivity contribution in [3.63, 3.8) is 0 Å². The Hall–Kier alpha value is -2.42. The van der Waals surface area contributed by atoms with E-state index in [0.717, 1.165) is 6.07 Å². The molecule has 10 heteroatoms. The third kappa shape index (κ3) is 4.92. The summed E-state index contributed by atoms with van der Waals surface area (Å²) in [5, 5.41) is 3.12. The average molecular weight is 476 g/mol.